The number of benzene rings is 3. The largest absolute Gasteiger partial charge is 0.451 e. The van der Waals surface area contributed by atoms with Crippen LogP contribution in [0.1, 0.15) is 5.56 Å². The molecule has 21 heavy (non-hydrogen) atoms. The zero-order valence-corrected chi connectivity index (χ0v) is 11.1. The first-order valence-corrected chi connectivity index (χ1v) is 6.52. The number of halogens is 2. The molecule has 3 aromatic rings. The first kappa shape index (κ1) is 13.5. The van der Waals surface area contributed by atoms with Gasteiger partial charge in [-0.2, -0.15) is 0 Å². The van der Waals surface area contributed by atoms with Gasteiger partial charge in [-0.1, -0.05) is 36.4 Å². The van der Waals surface area contributed by atoms with Crippen LogP contribution in [0.15, 0.2) is 54.6 Å². The monoisotopic (exact) mass is 285 g/mol. The van der Waals surface area contributed by atoms with Crippen molar-refractivity contribution in [1.82, 2.24) is 0 Å². The third-order valence-corrected chi connectivity index (χ3v) is 3.26. The minimum Gasteiger partial charge on any atom is -0.451 e. The van der Waals surface area contributed by atoms with Crippen LogP contribution in [0.4, 0.5) is 8.78 Å². The highest BCUT2D eigenvalue weighted by Gasteiger charge is 2.14. The number of fused-ring (bicyclic) bond motifs is 1. The van der Waals surface area contributed by atoms with Crippen molar-refractivity contribution in [2.24, 2.45) is 5.73 Å². The highest BCUT2D eigenvalue weighted by molar-refractivity contribution is 5.88. The molecule has 0 aliphatic heterocycles. The summed E-state index contributed by atoms with van der Waals surface area (Å²) >= 11 is 0. The van der Waals surface area contributed by atoms with E-state index in [-0.39, 0.29) is 6.54 Å². The van der Waals surface area contributed by atoms with E-state index in [4.69, 9.17) is 10.5 Å². The number of rotatable bonds is 3. The van der Waals surface area contributed by atoms with E-state index in [1.165, 1.54) is 12.1 Å². The minimum absolute atomic E-state index is 0.0718. The summed E-state index contributed by atoms with van der Waals surface area (Å²) in [5, 5.41) is 1.73. The molecule has 0 spiro atoms. The Morgan fingerprint density at radius 3 is 2.29 bits per heavy atom. The van der Waals surface area contributed by atoms with E-state index in [1.54, 1.807) is 12.1 Å². The average Bonchev–Trinajstić information content (AvgIpc) is 2.50. The molecule has 0 saturated carbocycles. The highest BCUT2D eigenvalue weighted by Crippen LogP contribution is 2.33. The van der Waals surface area contributed by atoms with Gasteiger partial charge >= 0.3 is 0 Å². The van der Waals surface area contributed by atoms with Gasteiger partial charge in [-0.15, -0.1) is 0 Å². The number of nitrogens with two attached hydrogens (primary N) is 1. The normalized spacial score (nSPS) is 10.8. The lowest BCUT2D eigenvalue weighted by Crippen LogP contribution is -2.00. The topological polar surface area (TPSA) is 35.2 Å². The third-order valence-electron chi connectivity index (χ3n) is 3.26. The second-order valence-corrected chi connectivity index (χ2v) is 4.67. The molecule has 0 bridgehead atoms. The Kier molecular flexibility index (Phi) is 3.54. The van der Waals surface area contributed by atoms with E-state index < -0.39 is 17.4 Å². The van der Waals surface area contributed by atoms with Crippen molar-refractivity contribution < 1.29 is 13.5 Å². The molecular formula is C17H13F2NO. The summed E-state index contributed by atoms with van der Waals surface area (Å²) in [6, 6.07) is 15.2. The molecule has 0 fully saturated rings. The molecule has 0 aromatic heterocycles. The average molecular weight is 285 g/mol. The fraction of sp³-hybridized carbons (Fsp3) is 0.0588. The molecule has 0 amide bonds. The summed E-state index contributed by atoms with van der Waals surface area (Å²) in [6.07, 6.45) is 0. The smallest absolute Gasteiger partial charge is 0.198 e. The molecule has 106 valence electrons. The summed E-state index contributed by atoms with van der Waals surface area (Å²) in [5.41, 5.74) is 5.77. The second kappa shape index (κ2) is 5.50. The summed E-state index contributed by atoms with van der Waals surface area (Å²) in [6.45, 7) is 0.0718. The molecule has 2 nitrogen and oxygen atoms in total. The molecule has 0 atom stereocenters. The van der Waals surface area contributed by atoms with Crippen LogP contribution >= 0.6 is 0 Å². The molecule has 0 aliphatic rings. The zero-order valence-electron chi connectivity index (χ0n) is 11.1. The Balaban J connectivity index is 2.07. The van der Waals surface area contributed by atoms with Crippen molar-refractivity contribution in [3.8, 4) is 11.5 Å². The predicted octanol–water partition coefficient (Wildman–Crippen LogP) is 4.37. The maximum atomic E-state index is 14.0. The maximum Gasteiger partial charge on any atom is 0.198 e. The van der Waals surface area contributed by atoms with Gasteiger partial charge in [0.05, 0.1) is 0 Å². The SMILES string of the molecule is NCc1cc(F)c(Oc2cccc3ccccc23)c(F)c1. The van der Waals surface area contributed by atoms with Crippen LogP contribution in [-0.4, -0.2) is 0 Å². The standard InChI is InChI=1S/C17H13F2NO/c18-14-8-11(10-20)9-15(19)17(14)21-16-7-3-5-12-4-1-2-6-13(12)16/h1-9H,10,20H2. The van der Waals surface area contributed by atoms with Crippen molar-refractivity contribution in [2.45, 2.75) is 6.54 Å². The number of hydrogen-bond acceptors (Lipinski definition) is 2. The Hall–Kier alpha value is -2.46. The van der Waals surface area contributed by atoms with Crippen molar-refractivity contribution in [3.63, 3.8) is 0 Å². The van der Waals surface area contributed by atoms with Crippen molar-refractivity contribution in [3.05, 3.63) is 71.8 Å². The van der Waals surface area contributed by atoms with E-state index in [9.17, 15) is 8.78 Å². The van der Waals surface area contributed by atoms with Crippen LogP contribution in [0.2, 0.25) is 0 Å². The summed E-state index contributed by atoms with van der Waals surface area (Å²) in [5.74, 6) is -1.53. The van der Waals surface area contributed by atoms with Gasteiger partial charge in [0.2, 0.25) is 0 Å². The summed E-state index contributed by atoms with van der Waals surface area (Å²) < 4.78 is 33.4. The Labute approximate surface area is 120 Å². The Morgan fingerprint density at radius 1 is 0.905 bits per heavy atom. The molecule has 3 rings (SSSR count). The Bertz CT molecular complexity index is 773. The van der Waals surface area contributed by atoms with Gasteiger partial charge in [0.25, 0.3) is 0 Å². The molecule has 0 saturated heterocycles. The Morgan fingerprint density at radius 2 is 1.57 bits per heavy atom. The van der Waals surface area contributed by atoms with Crippen molar-refractivity contribution >= 4 is 10.8 Å². The van der Waals surface area contributed by atoms with Crippen LogP contribution < -0.4 is 10.5 Å². The maximum absolute atomic E-state index is 14.0. The number of hydrogen-bond donors (Lipinski definition) is 1. The van der Waals surface area contributed by atoms with Gasteiger partial charge in [-0.05, 0) is 29.1 Å². The van der Waals surface area contributed by atoms with E-state index in [1.807, 2.05) is 30.3 Å². The zero-order chi connectivity index (χ0) is 14.8. The molecule has 0 radical (unpaired) electrons. The quantitative estimate of drug-likeness (QED) is 0.775. The van der Waals surface area contributed by atoms with Gasteiger partial charge in [0.15, 0.2) is 17.4 Å². The van der Waals surface area contributed by atoms with Gasteiger partial charge in [0.1, 0.15) is 5.75 Å². The lowest BCUT2D eigenvalue weighted by molar-refractivity contribution is 0.410. The first-order chi connectivity index (χ1) is 10.2. The molecular weight excluding hydrogens is 272 g/mol. The first-order valence-electron chi connectivity index (χ1n) is 6.52. The van der Waals surface area contributed by atoms with Crippen molar-refractivity contribution in [1.29, 1.82) is 0 Å². The van der Waals surface area contributed by atoms with Crippen LogP contribution in [-0.2, 0) is 6.54 Å². The van der Waals surface area contributed by atoms with Crippen molar-refractivity contribution in [2.75, 3.05) is 0 Å². The summed E-state index contributed by atoms with van der Waals surface area (Å²) in [4.78, 5) is 0. The third kappa shape index (κ3) is 2.58. The van der Waals surface area contributed by atoms with Gasteiger partial charge in [-0.25, -0.2) is 8.78 Å². The fourth-order valence-electron chi connectivity index (χ4n) is 2.22. The van der Waals surface area contributed by atoms with Crippen LogP contribution in [0, 0.1) is 11.6 Å². The van der Waals surface area contributed by atoms with Crippen LogP contribution in [0.5, 0.6) is 11.5 Å². The fourth-order valence-corrected chi connectivity index (χ4v) is 2.22. The molecule has 3 aromatic carbocycles. The lowest BCUT2D eigenvalue weighted by atomic mass is 10.1. The van der Waals surface area contributed by atoms with E-state index in [0.29, 0.717) is 11.3 Å². The number of ether oxygens (including phenoxy) is 1. The van der Waals surface area contributed by atoms with Crippen LogP contribution in [0.3, 0.4) is 0 Å². The lowest BCUT2D eigenvalue weighted by Gasteiger charge is -2.11. The van der Waals surface area contributed by atoms with Crippen LogP contribution in [0.25, 0.3) is 10.8 Å². The summed E-state index contributed by atoms with van der Waals surface area (Å²) in [7, 11) is 0. The van der Waals surface area contributed by atoms with Gasteiger partial charge in [0, 0.05) is 11.9 Å². The minimum atomic E-state index is -0.761. The predicted molar refractivity (Wildman–Crippen MR) is 78.3 cm³/mol. The second-order valence-electron chi connectivity index (χ2n) is 4.67. The van der Waals surface area contributed by atoms with Gasteiger partial charge < -0.3 is 10.5 Å². The molecule has 4 heteroatoms. The molecule has 0 heterocycles. The van der Waals surface area contributed by atoms with E-state index in [0.717, 1.165) is 10.8 Å². The van der Waals surface area contributed by atoms with E-state index in [2.05, 4.69) is 0 Å². The molecule has 0 unspecified atom stereocenters. The molecule has 2 N–H and O–H groups in total. The molecule has 0 aliphatic carbocycles. The highest BCUT2D eigenvalue weighted by atomic mass is 19.1. The van der Waals surface area contributed by atoms with Gasteiger partial charge in [-0.3, -0.25) is 0 Å². The van der Waals surface area contributed by atoms with E-state index >= 15 is 0 Å².